The standard InChI is InChI=1S/C31H48FN5O4Si/c1-31(2,3)42(6,7)41-22-24-11-10-12-27(29(24)32)25-15-33-30(34-16-25)37-18-26(19-37)35-40-21-23(17-36(4)5)20-39-28-13-8-9-14-38-28/h10-12,15-16,23,28H,8-9,13-14,17-22H2,1-7H3. The third-order valence-electron chi connectivity index (χ3n) is 8.24. The van der Waals surface area contributed by atoms with Crippen molar-refractivity contribution in [3.63, 3.8) is 0 Å². The summed E-state index contributed by atoms with van der Waals surface area (Å²) in [4.78, 5) is 18.9. The molecule has 0 aliphatic carbocycles. The van der Waals surface area contributed by atoms with E-state index in [0.29, 0.717) is 48.9 Å². The van der Waals surface area contributed by atoms with Crippen LogP contribution in [0.4, 0.5) is 10.3 Å². The van der Waals surface area contributed by atoms with E-state index in [4.69, 9.17) is 18.7 Å². The lowest BCUT2D eigenvalue weighted by Crippen LogP contribution is -2.48. The highest BCUT2D eigenvalue weighted by atomic mass is 28.4. The fourth-order valence-electron chi connectivity index (χ4n) is 4.60. The second-order valence-electron chi connectivity index (χ2n) is 13.2. The lowest BCUT2D eigenvalue weighted by atomic mass is 10.1. The quantitative estimate of drug-likeness (QED) is 0.213. The van der Waals surface area contributed by atoms with Crippen LogP contribution in [0.25, 0.3) is 11.1 Å². The molecule has 42 heavy (non-hydrogen) atoms. The van der Waals surface area contributed by atoms with Gasteiger partial charge in [0.15, 0.2) is 14.6 Å². The highest BCUT2D eigenvalue weighted by Crippen LogP contribution is 2.37. The molecular formula is C31H48FN5O4Si. The Morgan fingerprint density at radius 1 is 1.14 bits per heavy atom. The zero-order chi connectivity index (χ0) is 30.3. The van der Waals surface area contributed by atoms with Crippen LogP contribution in [0.1, 0.15) is 45.6 Å². The van der Waals surface area contributed by atoms with Crippen molar-refractivity contribution in [1.29, 1.82) is 0 Å². The molecule has 1 aromatic heterocycles. The SMILES string of the molecule is CN(C)CC(CON=C1CN(c2ncc(-c3cccc(CO[Si](C)(C)C(C)(C)C)c3F)cn2)C1)COC1CCCCO1. The fraction of sp³-hybridized carbons (Fsp3) is 0.645. The zero-order valence-corrected chi connectivity index (χ0v) is 27.4. The molecule has 0 N–H and O–H groups in total. The van der Waals surface area contributed by atoms with Crippen LogP contribution in [0.2, 0.25) is 18.1 Å². The van der Waals surface area contributed by atoms with Gasteiger partial charge in [-0.1, -0.05) is 44.1 Å². The summed E-state index contributed by atoms with van der Waals surface area (Å²) in [7, 11) is 2.09. The van der Waals surface area contributed by atoms with E-state index >= 15 is 4.39 Å². The number of anilines is 1. The zero-order valence-electron chi connectivity index (χ0n) is 26.4. The maximum atomic E-state index is 15.4. The third-order valence-corrected chi connectivity index (χ3v) is 12.7. The van der Waals surface area contributed by atoms with Gasteiger partial charge in [0.1, 0.15) is 12.4 Å². The molecule has 2 aliphatic rings. The summed E-state index contributed by atoms with van der Waals surface area (Å²) in [6.45, 7) is 15.0. The maximum absolute atomic E-state index is 15.4. The lowest BCUT2D eigenvalue weighted by Gasteiger charge is -2.36. The van der Waals surface area contributed by atoms with Crippen LogP contribution in [0.15, 0.2) is 35.7 Å². The molecule has 0 spiro atoms. The van der Waals surface area contributed by atoms with Crippen molar-refractivity contribution in [2.45, 2.75) is 71.1 Å². The van der Waals surface area contributed by atoms with E-state index in [2.05, 4.69) is 53.9 Å². The Morgan fingerprint density at radius 3 is 2.52 bits per heavy atom. The van der Waals surface area contributed by atoms with Crippen LogP contribution in [-0.2, 0) is 25.3 Å². The van der Waals surface area contributed by atoms with Gasteiger partial charge in [0.2, 0.25) is 5.95 Å². The fourth-order valence-corrected chi connectivity index (χ4v) is 5.55. The van der Waals surface area contributed by atoms with Gasteiger partial charge in [0.05, 0.1) is 32.0 Å². The number of ether oxygens (including phenoxy) is 2. The molecule has 1 aromatic carbocycles. The van der Waals surface area contributed by atoms with Gasteiger partial charge in [-0.25, -0.2) is 14.4 Å². The van der Waals surface area contributed by atoms with Gasteiger partial charge in [-0.05, 0) is 51.5 Å². The van der Waals surface area contributed by atoms with Crippen LogP contribution >= 0.6 is 0 Å². The first-order valence-corrected chi connectivity index (χ1v) is 17.9. The van der Waals surface area contributed by atoms with Gasteiger partial charge in [0.25, 0.3) is 0 Å². The number of nitrogens with zero attached hydrogens (tertiary/aromatic N) is 5. The number of hydrogen-bond acceptors (Lipinski definition) is 9. The van der Waals surface area contributed by atoms with Crippen molar-refractivity contribution in [2.75, 3.05) is 58.5 Å². The third kappa shape index (κ3) is 8.79. The Bertz CT molecular complexity index is 1170. The Balaban J connectivity index is 1.27. The maximum Gasteiger partial charge on any atom is 0.225 e. The van der Waals surface area contributed by atoms with Crippen LogP contribution in [0.5, 0.6) is 0 Å². The van der Waals surface area contributed by atoms with Crippen molar-refractivity contribution in [2.24, 2.45) is 11.1 Å². The largest absolute Gasteiger partial charge is 0.412 e. The van der Waals surface area contributed by atoms with Crippen molar-refractivity contribution >= 4 is 20.0 Å². The molecule has 2 saturated heterocycles. The summed E-state index contributed by atoms with van der Waals surface area (Å²) in [5, 5.41) is 4.40. The molecule has 0 bridgehead atoms. The van der Waals surface area contributed by atoms with Crippen LogP contribution in [0.3, 0.4) is 0 Å². The minimum absolute atomic E-state index is 0.0613. The highest BCUT2D eigenvalue weighted by molar-refractivity contribution is 6.74. The second-order valence-corrected chi connectivity index (χ2v) is 18.0. The molecule has 11 heteroatoms. The molecule has 0 amide bonds. The Morgan fingerprint density at radius 2 is 1.88 bits per heavy atom. The Labute approximate surface area is 251 Å². The summed E-state index contributed by atoms with van der Waals surface area (Å²) in [6, 6.07) is 5.39. The molecule has 2 aromatic rings. The monoisotopic (exact) mass is 601 g/mol. The molecule has 2 aliphatic heterocycles. The summed E-state index contributed by atoms with van der Waals surface area (Å²) >= 11 is 0. The van der Waals surface area contributed by atoms with Gasteiger partial charge in [-0.15, -0.1) is 0 Å². The molecule has 2 atom stereocenters. The van der Waals surface area contributed by atoms with Crippen molar-refractivity contribution in [3.8, 4) is 11.1 Å². The van der Waals surface area contributed by atoms with Gasteiger partial charge in [-0.3, -0.25) is 0 Å². The molecule has 3 heterocycles. The summed E-state index contributed by atoms with van der Waals surface area (Å²) < 4.78 is 33.4. The van der Waals surface area contributed by atoms with Gasteiger partial charge >= 0.3 is 0 Å². The first-order valence-electron chi connectivity index (χ1n) is 15.0. The van der Waals surface area contributed by atoms with E-state index < -0.39 is 8.32 Å². The van der Waals surface area contributed by atoms with E-state index in [1.807, 2.05) is 25.1 Å². The minimum Gasteiger partial charge on any atom is -0.412 e. The molecule has 2 unspecified atom stereocenters. The van der Waals surface area contributed by atoms with E-state index in [-0.39, 0.29) is 29.7 Å². The van der Waals surface area contributed by atoms with Crippen LogP contribution in [-0.4, -0.2) is 88.7 Å². The molecule has 9 nitrogen and oxygen atoms in total. The second kappa shape index (κ2) is 14.4. The number of aromatic nitrogens is 2. The predicted molar refractivity (Wildman–Crippen MR) is 167 cm³/mol. The first-order chi connectivity index (χ1) is 19.9. The van der Waals surface area contributed by atoms with Crippen LogP contribution < -0.4 is 4.90 Å². The number of benzene rings is 1. The molecular weight excluding hydrogens is 553 g/mol. The van der Waals surface area contributed by atoms with Crippen LogP contribution in [0, 0.1) is 11.7 Å². The molecule has 0 radical (unpaired) electrons. The Kier molecular flexibility index (Phi) is 11.1. The normalized spacial score (nSPS) is 18.6. The van der Waals surface area contributed by atoms with E-state index in [0.717, 1.165) is 38.1 Å². The van der Waals surface area contributed by atoms with Gasteiger partial charge < -0.3 is 28.5 Å². The average Bonchev–Trinajstić information content (AvgIpc) is 2.92. The van der Waals surface area contributed by atoms with Crippen molar-refractivity contribution in [1.82, 2.24) is 14.9 Å². The first kappa shape index (κ1) is 32.5. The average molecular weight is 602 g/mol. The minimum atomic E-state index is -1.99. The van der Waals surface area contributed by atoms with E-state index in [9.17, 15) is 0 Å². The predicted octanol–water partition coefficient (Wildman–Crippen LogP) is 5.72. The number of halogens is 1. The summed E-state index contributed by atoms with van der Waals surface area (Å²) in [6.07, 6.45) is 6.44. The smallest absolute Gasteiger partial charge is 0.225 e. The summed E-state index contributed by atoms with van der Waals surface area (Å²) in [5.74, 6) is 0.494. The number of hydrogen-bond donors (Lipinski definition) is 0. The van der Waals surface area contributed by atoms with E-state index in [1.54, 1.807) is 24.5 Å². The molecule has 2 fully saturated rings. The molecule has 0 saturated carbocycles. The van der Waals surface area contributed by atoms with Gasteiger partial charge in [-0.2, -0.15) is 0 Å². The van der Waals surface area contributed by atoms with Crippen molar-refractivity contribution < 1.29 is 23.1 Å². The molecule has 4 rings (SSSR count). The number of oxime groups is 1. The lowest BCUT2D eigenvalue weighted by molar-refractivity contribution is -0.172. The molecule has 232 valence electrons. The van der Waals surface area contributed by atoms with Crippen molar-refractivity contribution in [3.05, 3.63) is 42.0 Å². The number of rotatable bonds is 13. The summed E-state index contributed by atoms with van der Waals surface area (Å²) in [5.41, 5.74) is 2.59. The Hall–Kier alpha value is -2.44. The van der Waals surface area contributed by atoms with E-state index in [1.165, 1.54) is 0 Å². The van der Waals surface area contributed by atoms with Gasteiger partial charge in [0, 0.05) is 48.2 Å². The topological polar surface area (TPSA) is 81.5 Å². The highest BCUT2D eigenvalue weighted by Gasteiger charge is 2.37.